The van der Waals surface area contributed by atoms with Crippen molar-refractivity contribution in [3.8, 4) is 11.6 Å². The lowest BCUT2D eigenvalue weighted by Gasteiger charge is -2.15. The van der Waals surface area contributed by atoms with Crippen LogP contribution in [0.1, 0.15) is 18.4 Å². The van der Waals surface area contributed by atoms with Gasteiger partial charge in [-0.05, 0) is 79.7 Å². The highest BCUT2D eigenvalue weighted by atomic mass is 35.5. The van der Waals surface area contributed by atoms with E-state index in [4.69, 9.17) is 22.1 Å². The standard InChI is InChI=1S/C21H23ClN8OS/c1-13-12-32-17-16(13)25-19(22)26-18(17)30-20(23)27-21(28-30)24-14-4-6-15(7-5-14)31-11-10-29-8-2-3-9-29/h4-7,12H,2-3,8-11H2,1H3,(H3,23,24,27,28). The number of anilines is 3. The maximum Gasteiger partial charge on any atom is 0.248 e. The molecule has 0 spiro atoms. The Bertz CT molecular complexity index is 1230. The van der Waals surface area contributed by atoms with Crippen molar-refractivity contribution >= 4 is 50.7 Å². The first-order chi connectivity index (χ1) is 15.6. The van der Waals surface area contributed by atoms with Crippen molar-refractivity contribution in [1.82, 2.24) is 29.6 Å². The Hall–Kier alpha value is -2.95. The molecule has 0 bridgehead atoms. The summed E-state index contributed by atoms with van der Waals surface area (Å²) in [7, 11) is 0. The maximum absolute atomic E-state index is 6.13. The molecule has 4 heterocycles. The zero-order valence-corrected chi connectivity index (χ0v) is 19.2. The second kappa shape index (κ2) is 8.89. The number of halogens is 1. The second-order valence-corrected chi connectivity index (χ2v) is 8.88. The lowest BCUT2D eigenvalue weighted by Crippen LogP contribution is -2.25. The minimum Gasteiger partial charge on any atom is -0.492 e. The number of thiophene rings is 1. The van der Waals surface area contributed by atoms with E-state index in [1.54, 1.807) is 0 Å². The Morgan fingerprint density at radius 1 is 1.16 bits per heavy atom. The molecule has 0 amide bonds. The van der Waals surface area contributed by atoms with Crippen molar-refractivity contribution in [2.24, 2.45) is 0 Å². The molecule has 0 radical (unpaired) electrons. The first kappa shape index (κ1) is 20.9. The van der Waals surface area contributed by atoms with Crippen molar-refractivity contribution in [3.63, 3.8) is 0 Å². The zero-order chi connectivity index (χ0) is 22.1. The van der Waals surface area contributed by atoms with Gasteiger partial charge in [0.05, 0.1) is 10.2 Å². The number of hydrogen-bond donors (Lipinski definition) is 2. The van der Waals surface area contributed by atoms with Crippen LogP contribution in [0.15, 0.2) is 29.6 Å². The minimum atomic E-state index is 0.138. The first-order valence-corrected chi connectivity index (χ1v) is 11.7. The fourth-order valence-electron chi connectivity index (χ4n) is 3.73. The largest absolute Gasteiger partial charge is 0.492 e. The molecule has 0 atom stereocenters. The Morgan fingerprint density at radius 2 is 1.94 bits per heavy atom. The van der Waals surface area contributed by atoms with E-state index in [0.717, 1.165) is 33.8 Å². The van der Waals surface area contributed by atoms with Crippen LogP contribution in [0.5, 0.6) is 5.75 Å². The van der Waals surface area contributed by atoms with Crippen LogP contribution in [-0.4, -0.2) is 55.9 Å². The molecular weight excluding hydrogens is 448 g/mol. The summed E-state index contributed by atoms with van der Waals surface area (Å²) in [5.74, 6) is 1.91. The van der Waals surface area contributed by atoms with Gasteiger partial charge in [-0.25, -0.2) is 4.98 Å². The van der Waals surface area contributed by atoms with Gasteiger partial charge in [-0.1, -0.05) is 0 Å². The highest BCUT2D eigenvalue weighted by molar-refractivity contribution is 7.17. The molecule has 1 saturated heterocycles. The van der Waals surface area contributed by atoms with Crippen molar-refractivity contribution < 1.29 is 4.74 Å². The van der Waals surface area contributed by atoms with E-state index in [1.807, 2.05) is 36.6 Å². The number of hydrogen-bond acceptors (Lipinski definition) is 9. The number of nitrogen functional groups attached to an aromatic ring is 1. The molecule has 1 aliphatic heterocycles. The molecule has 1 aromatic carbocycles. The summed E-state index contributed by atoms with van der Waals surface area (Å²) in [6.45, 7) is 5.98. The summed E-state index contributed by atoms with van der Waals surface area (Å²) in [5.41, 5.74) is 8.77. The number of fused-ring (bicyclic) bond motifs is 1. The molecule has 1 fully saturated rings. The SMILES string of the molecule is Cc1csc2c(-n3nc(Nc4ccc(OCCN5CCCC5)cc4)nc3N)nc(Cl)nc12. The van der Waals surface area contributed by atoms with E-state index >= 15 is 0 Å². The third kappa shape index (κ3) is 4.34. The van der Waals surface area contributed by atoms with E-state index in [-0.39, 0.29) is 11.2 Å². The lowest BCUT2D eigenvalue weighted by molar-refractivity contribution is 0.238. The van der Waals surface area contributed by atoms with Gasteiger partial charge < -0.3 is 15.8 Å². The Morgan fingerprint density at radius 3 is 2.72 bits per heavy atom. The van der Waals surface area contributed by atoms with Crippen LogP contribution < -0.4 is 15.8 Å². The summed E-state index contributed by atoms with van der Waals surface area (Å²) in [4.78, 5) is 15.4. The fraction of sp³-hybridized carbons (Fsp3) is 0.333. The molecular formula is C21H23ClN8OS. The van der Waals surface area contributed by atoms with Crippen LogP contribution in [-0.2, 0) is 0 Å². The summed E-state index contributed by atoms with van der Waals surface area (Å²) in [6.07, 6.45) is 2.58. The van der Waals surface area contributed by atoms with Crippen molar-refractivity contribution in [2.75, 3.05) is 37.3 Å². The monoisotopic (exact) mass is 470 g/mol. The van der Waals surface area contributed by atoms with Gasteiger partial charge in [0.2, 0.25) is 17.2 Å². The third-order valence-electron chi connectivity index (χ3n) is 5.37. The molecule has 0 aliphatic carbocycles. The number of ether oxygens (including phenoxy) is 1. The van der Waals surface area contributed by atoms with Gasteiger partial charge in [0.15, 0.2) is 5.82 Å². The van der Waals surface area contributed by atoms with Gasteiger partial charge in [0, 0.05) is 12.2 Å². The molecule has 5 rings (SSSR count). The number of nitrogens with two attached hydrogens (primary N) is 1. The van der Waals surface area contributed by atoms with Crippen LogP contribution in [0.2, 0.25) is 5.28 Å². The molecule has 11 heteroatoms. The highest BCUT2D eigenvalue weighted by Crippen LogP contribution is 2.30. The zero-order valence-electron chi connectivity index (χ0n) is 17.6. The van der Waals surface area contributed by atoms with Crippen LogP contribution in [0.3, 0.4) is 0 Å². The van der Waals surface area contributed by atoms with Crippen molar-refractivity contribution in [3.05, 3.63) is 40.5 Å². The van der Waals surface area contributed by atoms with Crippen molar-refractivity contribution in [1.29, 1.82) is 0 Å². The van der Waals surface area contributed by atoms with Crippen LogP contribution >= 0.6 is 22.9 Å². The van der Waals surface area contributed by atoms with Crippen molar-refractivity contribution in [2.45, 2.75) is 19.8 Å². The molecule has 4 aromatic rings. The number of rotatable bonds is 7. The molecule has 0 unspecified atom stereocenters. The molecule has 166 valence electrons. The van der Waals surface area contributed by atoms with E-state index < -0.39 is 0 Å². The van der Waals surface area contributed by atoms with Gasteiger partial charge >= 0.3 is 0 Å². The fourth-order valence-corrected chi connectivity index (χ4v) is 4.86. The predicted molar refractivity (Wildman–Crippen MR) is 127 cm³/mol. The third-order valence-corrected chi connectivity index (χ3v) is 6.62. The molecule has 32 heavy (non-hydrogen) atoms. The quantitative estimate of drug-likeness (QED) is 0.390. The number of aryl methyl sites for hydroxylation is 1. The van der Waals surface area contributed by atoms with Gasteiger partial charge in [-0.15, -0.1) is 16.4 Å². The first-order valence-electron chi connectivity index (χ1n) is 10.4. The summed E-state index contributed by atoms with van der Waals surface area (Å²) in [6, 6.07) is 7.69. The number of aromatic nitrogens is 5. The molecule has 1 aliphatic rings. The van der Waals surface area contributed by atoms with E-state index in [2.05, 4.69) is 30.3 Å². The Kier molecular flexibility index (Phi) is 5.81. The van der Waals surface area contributed by atoms with E-state index in [0.29, 0.717) is 18.4 Å². The normalized spacial score (nSPS) is 14.3. The maximum atomic E-state index is 6.13. The van der Waals surface area contributed by atoms with E-state index in [9.17, 15) is 0 Å². The van der Waals surface area contributed by atoms with Gasteiger partial charge in [0.25, 0.3) is 0 Å². The molecule has 3 aromatic heterocycles. The minimum absolute atomic E-state index is 0.138. The lowest BCUT2D eigenvalue weighted by atomic mass is 10.3. The smallest absolute Gasteiger partial charge is 0.248 e. The van der Waals surface area contributed by atoms with Gasteiger partial charge in [-0.3, -0.25) is 4.90 Å². The van der Waals surface area contributed by atoms with Crippen LogP contribution in [0, 0.1) is 6.92 Å². The average Bonchev–Trinajstić information content (AvgIpc) is 3.51. The molecule has 3 N–H and O–H groups in total. The second-order valence-electron chi connectivity index (χ2n) is 7.66. The van der Waals surface area contributed by atoms with Crippen LogP contribution in [0.4, 0.5) is 17.6 Å². The topological polar surface area (TPSA) is 107 Å². The Balaban J connectivity index is 1.28. The summed E-state index contributed by atoms with van der Waals surface area (Å²) < 4.78 is 8.19. The number of likely N-dealkylation sites (tertiary alicyclic amines) is 1. The van der Waals surface area contributed by atoms with E-state index in [1.165, 1.54) is 41.9 Å². The summed E-state index contributed by atoms with van der Waals surface area (Å²) in [5, 5.41) is 9.79. The highest BCUT2D eigenvalue weighted by Gasteiger charge is 2.17. The Labute approximate surface area is 194 Å². The van der Waals surface area contributed by atoms with Gasteiger partial charge in [-0.2, -0.15) is 14.6 Å². The summed E-state index contributed by atoms with van der Waals surface area (Å²) >= 11 is 7.65. The molecule has 0 saturated carbocycles. The predicted octanol–water partition coefficient (Wildman–Crippen LogP) is 4.03. The van der Waals surface area contributed by atoms with Gasteiger partial charge in [0.1, 0.15) is 12.4 Å². The van der Waals surface area contributed by atoms with Crippen LogP contribution in [0.25, 0.3) is 16.0 Å². The molecule has 9 nitrogen and oxygen atoms in total. The average molecular weight is 471 g/mol. The number of benzene rings is 1. The number of nitrogens with one attached hydrogen (secondary N) is 1. The number of nitrogens with zero attached hydrogens (tertiary/aromatic N) is 6.